The lowest BCUT2D eigenvalue weighted by Crippen LogP contribution is -2.17. The van der Waals surface area contributed by atoms with Crippen LogP contribution >= 0.6 is 119 Å². The van der Waals surface area contributed by atoms with Crippen LogP contribution in [0.4, 0.5) is 0 Å². The molecule has 0 aliphatic rings. The first-order valence-corrected chi connectivity index (χ1v) is 70.5. The Bertz CT molecular complexity index is 1710. The molecule has 0 fully saturated rings. The third-order valence-corrected chi connectivity index (χ3v) is 58.8. The van der Waals surface area contributed by atoms with Gasteiger partial charge in [-0.05, 0) is 133 Å². The van der Waals surface area contributed by atoms with Gasteiger partial charge < -0.3 is 51.1 Å². The molecule has 0 bridgehead atoms. The summed E-state index contributed by atoms with van der Waals surface area (Å²) >= 11 is 22.6. The van der Waals surface area contributed by atoms with Gasteiger partial charge in [-0.25, -0.2) is 0 Å². The van der Waals surface area contributed by atoms with Crippen molar-refractivity contribution in [2.24, 2.45) is 0 Å². The van der Waals surface area contributed by atoms with E-state index in [0.29, 0.717) is 26.4 Å². The van der Waals surface area contributed by atoms with E-state index in [-0.39, 0.29) is 39.6 Å². The largest absolute Gasteiger partial charge is 0.396 e. The van der Waals surface area contributed by atoms with E-state index in [1.807, 2.05) is 0 Å². The zero-order valence-electron chi connectivity index (χ0n) is 72.8. The molecule has 0 radical (unpaired) electrons. The Balaban J connectivity index is -0.000000137. The van der Waals surface area contributed by atoms with Gasteiger partial charge in [0.25, 0.3) is 0 Å². The second kappa shape index (κ2) is 81.4. The number of halogens is 4. The van der Waals surface area contributed by atoms with Crippen LogP contribution in [0.1, 0.15) is 134 Å². The molecule has 0 aliphatic heterocycles. The molecule has 1 aromatic carbocycles. The van der Waals surface area contributed by atoms with Gasteiger partial charge in [-0.1, -0.05) is 32.0 Å². The fraction of sp³-hybridized carbons (Fsp3) is 0.924. The number of rotatable bonds is 49. The molecule has 10 nitrogen and oxygen atoms in total. The van der Waals surface area contributed by atoms with E-state index in [4.69, 9.17) is 97.5 Å². The molecule has 103 heavy (non-hydrogen) atoms. The zero-order chi connectivity index (χ0) is 82.1. The summed E-state index contributed by atoms with van der Waals surface area (Å²) in [6.45, 7) is 60.3. The summed E-state index contributed by atoms with van der Waals surface area (Å²) in [7, 11) is -7.47. The Morgan fingerprint density at radius 3 is 0.718 bits per heavy atom. The van der Waals surface area contributed by atoms with E-state index >= 15 is 0 Å². The number of aliphatic hydroxyl groups excluding tert-OH is 10. The molecule has 10 N–H and O–H groups in total. The first-order chi connectivity index (χ1) is 48.2. The number of alkyl halides is 4. The third-order valence-electron chi connectivity index (χ3n) is 20.1. The first-order valence-electron chi connectivity index (χ1n) is 39.9. The summed E-state index contributed by atoms with van der Waals surface area (Å²) in [5.41, 5.74) is 0. The van der Waals surface area contributed by atoms with Crippen LogP contribution in [0.25, 0.3) is 0 Å². The average Bonchev–Trinajstić information content (AvgIpc) is 0.901. The molecular formula is C79H186Cl4O10P10+10. The highest BCUT2D eigenvalue weighted by atomic mass is 35.5. The molecule has 0 spiro atoms. The van der Waals surface area contributed by atoms with Crippen LogP contribution in [0.3, 0.4) is 0 Å². The second-order valence-electron chi connectivity index (χ2n) is 31.3. The first kappa shape index (κ1) is 125. The zero-order valence-corrected chi connectivity index (χ0v) is 84.8. The van der Waals surface area contributed by atoms with Crippen molar-refractivity contribution in [3.05, 3.63) is 30.3 Å². The lowest BCUT2D eigenvalue weighted by molar-refractivity contribution is 0.287. The van der Waals surface area contributed by atoms with Gasteiger partial charge in [-0.2, -0.15) is 0 Å². The van der Waals surface area contributed by atoms with Crippen molar-refractivity contribution in [2.75, 3.05) is 336 Å². The van der Waals surface area contributed by atoms with Crippen molar-refractivity contribution >= 4 is 124 Å². The maximum atomic E-state index is 8.95. The molecule has 24 heteroatoms. The maximum Gasteiger partial charge on any atom is 0.0930 e. The van der Waals surface area contributed by atoms with Crippen LogP contribution in [-0.2, 0) is 0 Å². The molecule has 0 saturated heterocycles. The Kier molecular flexibility index (Phi) is 99.2. The molecule has 1 rings (SSSR count). The second-order valence-corrected chi connectivity index (χ2v) is 81.1. The van der Waals surface area contributed by atoms with Crippen LogP contribution in [0.2, 0.25) is 0 Å². The van der Waals surface area contributed by atoms with Crippen LogP contribution < -0.4 is 5.30 Å². The fourth-order valence-corrected chi connectivity index (χ4v) is 37.1. The van der Waals surface area contributed by atoms with E-state index in [1.54, 1.807) is 0 Å². The topological polar surface area (TPSA) is 202 Å². The normalized spacial score (nSPS) is 12.0. The predicted octanol–water partition coefficient (Wildman–Crippen LogP) is 19.8. The lowest BCUT2D eigenvalue weighted by Gasteiger charge is -2.25. The summed E-state index contributed by atoms with van der Waals surface area (Å²) in [5.74, 6) is 3.07. The van der Waals surface area contributed by atoms with Crippen molar-refractivity contribution in [1.82, 2.24) is 0 Å². The Morgan fingerprint density at radius 1 is 0.243 bits per heavy atom. The van der Waals surface area contributed by atoms with E-state index < -0.39 is 72.6 Å². The van der Waals surface area contributed by atoms with Crippen molar-refractivity contribution < 1.29 is 51.1 Å². The SMILES string of the molecule is CCC[P+](C)(C)CCCCO.CCC[P+](CCO)(CCO)CCO.CC[P+](C)(CC)CC.CC[P+](CC)(CC)CCCCO.CC[P+](CC)(CC)CCO.CC[P+](CCO)(CCO)CCO.C[P+](C)(C)CCCCO.C[P+](C)(C)CCCl.C[P+](C)(C)c1ccccc1.C[P+](CCCl)(CCCl)CCCl. The number of aliphatic hydroxyl groups is 10. The van der Waals surface area contributed by atoms with E-state index in [2.05, 4.69) is 200 Å². The molecule has 0 atom stereocenters. The van der Waals surface area contributed by atoms with Gasteiger partial charge in [0, 0.05) is 159 Å². The summed E-state index contributed by atoms with van der Waals surface area (Å²) in [4.78, 5) is 0. The minimum atomic E-state index is -1.25. The van der Waals surface area contributed by atoms with Crippen LogP contribution in [-0.4, -0.2) is 388 Å². The molecule has 0 aromatic heterocycles. The molecule has 0 amide bonds. The summed E-state index contributed by atoms with van der Waals surface area (Å²) in [6.07, 6.45) is 39.4. The van der Waals surface area contributed by atoms with Crippen LogP contribution in [0.15, 0.2) is 30.3 Å². The van der Waals surface area contributed by atoms with Gasteiger partial charge in [0.2, 0.25) is 0 Å². The highest BCUT2D eigenvalue weighted by Gasteiger charge is 2.36. The summed E-state index contributed by atoms with van der Waals surface area (Å²) in [5, 5.41) is 89.5. The fourth-order valence-electron chi connectivity index (χ4n) is 11.1. The van der Waals surface area contributed by atoms with Gasteiger partial charge in [0.1, 0.15) is 0 Å². The van der Waals surface area contributed by atoms with Gasteiger partial charge in [0.15, 0.2) is 0 Å². The third kappa shape index (κ3) is 82.6. The Hall–Kier alpha value is 4.28. The van der Waals surface area contributed by atoms with E-state index in [0.717, 1.165) is 123 Å². The monoisotopic (exact) mass is 1750 g/mol. The van der Waals surface area contributed by atoms with Crippen molar-refractivity contribution in [2.45, 2.75) is 134 Å². The predicted molar refractivity (Wildman–Crippen MR) is 518 cm³/mol. The Morgan fingerprint density at radius 2 is 0.515 bits per heavy atom. The highest BCUT2D eigenvalue weighted by molar-refractivity contribution is 7.81. The van der Waals surface area contributed by atoms with Gasteiger partial charge in [-0.15, -0.1) is 46.4 Å². The van der Waals surface area contributed by atoms with Gasteiger partial charge in [0.05, 0.1) is 255 Å². The van der Waals surface area contributed by atoms with E-state index in [9.17, 15) is 0 Å². The maximum absolute atomic E-state index is 8.95. The minimum Gasteiger partial charge on any atom is -0.396 e. The lowest BCUT2D eigenvalue weighted by atomic mass is 10.4. The van der Waals surface area contributed by atoms with Crippen LogP contribution in [0.5, 0.6) is 0 Å². The molecule has 1 aromatic rings. The molecule has 630 valence electrons. The molecule has 0 heterocycles. The standard InChI is InChI=1S/C10H24OP.C9H22O3P.C9H22OP.C9H14P.C8H20O3P.C8H20OP.C7H15Cl3P.C7H18OP.C7H18P.C5H13ClP/c1-4-12(5-2,6-3)10-8-7-9-11;1-2-6-13(7-3-10,8-4-11)9-5-12;1-4-8-11(2,3)9-6-5-7-10;1-10(2,3)9-7-5-4-6-8-9;1-2-12(6-3-9,7-4-10)8-5-11;1-4-10(5-2,6-3)8-7-9;1-11(5-2-8,6-3-9)7-4-10;1-9(2,3)7-5-4-6-8;1-5-8(4,6-2)7-3;1-7(2,3)5-4-6/h11H,4-10H2,1-3H3;10-12H,2-9H2,1H3;10H,4-9H2,1-3H3;4-8H,1-3H3;9-11H,2-8H2,1H3;9H,4-8H2,1-3H3;2-7H2,1H3;8H,4-7H2,1-3H3;5-7H2,1-4H3;4-5H2,1-3H3/q10*+1. The van der Waals surface area contributed by atoms with Crippen LogP contribution in [0, 0.1) is 0 Å². The number of hydrogen-bond donors (Lipinski definition) is 10. The molecule has 0 unspecified atom stereocenters. The number of benzene rings is 1. The number of unbranched alkanes of at least 4 members (excludes halogenated alkanes) is 3. The molecular weight excluding hydrogens is 1560 g/mol. The van der Waals surface area contributed by atoms with Crippen molar-refractivity contribution in [3.8, 4) is 0 Å². The quantitative estimate of drug-likeness (QED) is 0.0170. The molecule has 0 aliphatic carbocycles. The highest BCUT2D eigenvalue weighted by Crippen LogP contribution is 2.61. The Labute approximate surface area is 671 Å². The minimum absolute atomic E-state index is 0.182. The summed E-state index contributed by atoms with van der Waals surface area (Å²) < 4.78 is 0. The van der Waals surface area contributed by atoms with Gasteiger partial charge >= 0.3 is 0 Å². The van der Waals surface area contributed by atoms with E-state index in [1.165, 1.54) is 117 Å². The summed E-state index contributed by atoms with van der Waals surface area (Å²) in [6, 6.07) is 10.7. The van der Waals surface area contributed by atoms with Crippen molar-refractivity contribution in [1.29, 1.82) is 0 Å². The number of hydrogen-bond acceptors (Lipinski definition) is 10. The smallest absolute Gasteiger partial charge is 0.0930 e. The average molecular weight is 1750 g/mol. The van der Waals surface area contributed by atoms with Crippen molar-refractivity contribution in [3.63, 3.8) is 0 Å². The van der Waals surface area contributed by atoms with Gasteiger partial charge in [-0.3, -0.25) is 0 Å². The molecule has 0 saturated carbocycles.